The third-order valence-electron chi connectivity index (χ3n) is 5.94. The lowest BCUT2D eigenvalue weighted by molar-refractivity contribution is -0.206. The molecule has 5 rings (SSSR count). The number of halogens is 5. The number of anilines is 1. The summed E-state index contributed by atoms with van der Waals surface area (Å²) in [6.07, 6.45) is -4.79. The summed E-state index contributed by atoms with van der Waals surface area (Å²) in [6.45, 7) is -1.02. The van der Waals surface area contributed by atoms with Gasteiger partial charge >= 0.3 is 6.18 Å². The van der Waals surface area contributed by atoms with E-state index in [1.807, 2.05) is 0 Å². The van der Waals surface area contributed by atoms with Gasteiger partial charge in [0.1, 0.15) is 18.3 Å². The molecule has 198 valence electrons. The van der Waals surface area contributed by atoms with Crippen molar-refractivity contribution in [2.24, 2.45) is 0 Å². The number of hydrogen-bond acceptors (Lipinski definition) is 5. The van der Waals surface area contributed by atoms with Crippen LogP contribution in [0.4, 0.5) is 27.8 Å². The molecule has 0 radical (unpaired) electrons. The van der Waals surface area contributed by atoms with E-state index in [4.69, 9.17) is 0 Å². The number of alkyl halides is 4. The topological polar surface area (TPSA) is 92.9 Å². The minimum atomic E-state index is -4.89. The Bertz CT molecular complexity index is 1660. The Morgan fingerprint density at radius 2 is 1.72 bits per heavy atom. The maximum atomic E-state index is 15.0. The number of amides is 1. The molecule has 1 unspecified atom stereocenters. The summed E-state index contributed by atoms with van der Waals surface area (Å²) >= 11 is 0. The van der Waals surface area contributed by atoms with E-state index in [2.05, 4.69) is 20.4 Å². The van der Waals surface area contributed by atoms with Crippen molar-refractivity contribution in [3.8, 4) is 17.1 Å². The highest BCUT2D eigenvalue weighted by atomic mass is 19.4. The summed E-state index contributed by atoms with van der Waals surface area (Å²) in [4.78, 5) is 21.4. The van der Waals surface area contributed by atoms with Crippen LogP contribution in [0.5, 0.6) is 0 Å². The molecule has 3 aromatic carbocycles. The number of nitrogens with one attached hydrogen (secondary N) is 1. The normalized spacial score (nSPS) is 12.5. The van der Waals surface area contributed by atoms with Crippen molar-refractivity contribution in [1.29, 1.82) is 0 Å². The van der Waals surface area contributed by atoms with E-state index in [0.717, 1.165) is 24.3 Å². The van der Waals surface area contributed by atoms with Crippen LogP contribution < -0.4 is 5.32 Å². The van der Waals surface area contributed by atoms with E-state index < -0.39 is 41.8 Å². The van der Waals surface area contributed by atoms with Gasteiger partial charge in [-0.15, -0.1) is 0 Å². The summed E-state index contributed by atoms with van der Waals surface area (Å²) in [5.74, 6) is -1.78. The summed E-state index contributed by atoms with van der Waals surface area (Å²) in [5.41, 5.74) is -0.309. The van der Waals surface area contributed by atoms with Crippen LogP contribution in [-0.4, -0.2) is 36.9 Å². The highest BCUT2D eigenvalue weighted by Gasteiger charge is 2.39. The Labute approximate surface area is 217 Å². The van der Waals surface area contributed by atoms with Gasteiger partial charge in [-0.3, -0.25) is 4.79 Å². The van der Waals surface area contributed by atoms with Crippen molar-refractivity contribution in [1.82, 2.24) is 19.7 Å². The molecule has 1 atom stereocenters. The first-order chi connectivity index (χ1) is 18.7. The van der Waals surface area contributed by atoms with E-state index in [9.17, 15) is 31.9 Å². The van der Waals surface area contributed by atoms with E-state index in [0.29, 0.717) is 5.69 Å². The molecule has 0 fully saturated rings. The second kappa shape index (κ2) is 10.2. The Morgan fingerprint density at radius 1 is 1.00 bits per heavy atom. The predicted molar refractivity (Wildman–Crippen MR) is 132 cm³/mol. The fourth-order valence-corrected chi connectivity index (χ4v) is 4.06. The maximum Gasteiger partial charge on any atom is 0.418 e. The first-order valence-corrected chi connectivity index (χ1v) is 11.5. The summed E-state index contributed by atoms with van der Waals surface area (Å²) in [6, 6.07) is 15.4. The van der Waals surface area contributed by atoms with E-state index in [1.165, 1.54) is 23.1 Å². The number of benzene rings is 3. The lowest BCUT2D eigenvalue weighted by Gasteiger charge is -2.14. The average Bonchev–Trinajstić information content (AvgIpc) is 3.30. The minimum absolute atomic E-state index is 0.0423. The van der Waals surface area contributed by atoms with Gasteiger partial charge in [-0.1, -0.05) is 24.3 Å². The molecule has 5 aromatic rings. The third kappa shape index (κ3) is 5.06. The van der Waals surface area contributed by atoms with Crippen LogP contribution in [0, 0.1) is 5.82 Å². The molecule has 2 heterocycles. The third-order valence-corrected chi connectivity index (χ3v) is 5.94. The molecule has 0 aliphatic rings. The minimum Gasteiger partial charge on any atom is -0.379 e. The van der Waals surface area contributed by atoms with Crippen molar-refractivity contribution >= 4 is 22.6 Å². The van der Waals surface area contributed by atoms with Crippen LogP contribution in [0.2, 0.25) is 0 Å². The van der Waals surface area contributed by atoms with Crippen molar-refractivity contribution in [3.63, 3.8) is 0 Å². The number of rotatable bonds is 6. The van der Waals surface area contributed by atoms with Crippen molar-refractivity contribution in [2.75, 3.05) is 5.32 Å². The van der Waals surface area contributed by atoms with Crippen LogP contribution in [0.25, 0.3) is 28.0 Å². The number of para-hydroxylation sites is 1. The summed E-state index contributed by atoms with van der Waals surface area (Å²) in [7, 11) is 0. The second-order valence-electron chi connectivity index (χ2n) is 8.47. The standard InChI is InChI=1S/C27H18F5N5O2/c28-14-16-11-21(29)20(13-19(16)24-33-9-4-10-34-24)26(39)35-25-18-8-7-15(23(38)27(30,31)32)12-22(18)36-37(25)17-5-2-1-3-6-17/h1-13,23,38H,14H2,(H,35,39). The molecule has 2 N–H and O–H groups in total. The van der Waals surface area contributed by atoms with Crippen LogP contribution in [0.3, 0.4) is 0 Å². The van der Waals surface area contributed by atoms with Gasteiger partial charge in [-0.25, -0.2) is 23.4 Å². The molecular formula is C27H18F5N5O2. The Balaban J connectivity index is 1.61. The molecular weight excluding hydrogens is 521 g/mol. The molecule has 0 aliphatic carbocycles. The van der Waals surface area contributed by atoms with Gasteiger partial charge in [0.05, 0.1) is 16.8 Å². The number of hydrogen-bond donors (Lipinski definition) is 2. The molecule has 1 amide bonds. The number of aliphatic hydroxyl groups is 1. The lowest BCUT2D eigenvalue weighted by atomic mass is 10.0. The number of fused-ring (bicyclic) bond motifs is 1. The van der Waals surface area contributed by atoms with Crippen LogP contribution in [0.1, 0.15) is 27.6 Å². The summed E-state index contributed by atoms with van der Waals surface area (Å²) < 4.78 is 69.2. The van der Waals surface area contributed by atoms with Crippen molar-refractivity contribution < 1.29 is 31.9 Å². The van der Waals surface area contributed by atoms with Gasteiger partial charge in [0, 0.05) is 23.3 Å². The summed E-state index contributed by atoms with van der Waals surface area (Å²) in [5, 5.41) is 16.8. The molecule has 7 nitrogen and oxygen atoms in total. The van der Waals surface area contributed by atoms with Gasteiger partial charge in [0.15, 0.2) is 11.9 Å². The number of carbonyl (C=O) groups is 1. The molecule has 0 aliphatic heterocycles. The zero-order chi connectivity index (χ0) is 27.7. The van der Waals surface area contributed by atoms with E-state index in [-0.39, 0.29) is 33.7 Å². The number of aromatic nitrogens is 4. The average molecular weight is 539 g/mol. The number of aliphatic hydroxyl groups excluding tert-OH is 1. The van der Waals surface area contributed by atoms with Gasteiger partial charge in [0.2, 0.25) is 0 Å². The zero-order valence-electron chi connectivity index (χ0n) is 19.8. The molecule has 12 heteroatoms. The van der Waals surface area contributed by atoms with E-state index >= 15 is 0 Å². The monoisotopic (exact) mass is 539 g/mol. The maximum absolute atomic E-state index is 15.0. The predicted octanol–water partition coefficient (Wildman–Crippen LogP) is 5.94. The fourth-order valence-electron chi connectivity index (χ4n) is 4.06. The Morgan fingerprint density at radius 3 is 2.38 bits per heavy atom. The molecule has 2 aromatic heterocycles. The number of nitrogens with zero attached hydrogens (tertiary/aromatic N) is 4. The number of carbonyl (C=O) groups excluding carboxylic acids is 1. The Hall–Kier alpha value is -4.71. The first-order valence-electron chi connectivity index (χ1n) is 11.5. The SMILES string of the molecule is O=C(Nc1c2ccc(C(O)C(F)(F)F)cc2nn1-c1ccccc1)c1cc(-c2ncccn2)c(CF)cc1F. The van der Waals surface area contributed by atoms with Crippen LogP contribution in [-0.2, 0) is 6.67 Å². The quantitative estimate of drug-likeness (QED) is 0.261. The van der Waals surface area contributed by atoms with Gasteiger partial charge in [-0.05, 0) is 53.6 Å². The van der Waals surface area contributed by atoms with Crippen molar-refractivity contribution in [2.45, 2.75) is 19.0 Å². The van der Waals surface area contributed by atoms with Crippen LogP contribution in [0.15, 0.2) is 79.1 Å². The molecule has 39 heavy (non-hydrogen) atoms. The van der Waals surface area contributed by atoms with E-state index in [1.54, 1.807) is 36.4 Å². The largest absolute Gasteiger partial charge is 0.418 e. The smallest absolute Gasteiger partial charge is 0.379 e. The molecule has 0 saturated carbocycles. The van der Waals surface area contributed by atoms with Gasteiger partial charge in [-0.2, -0.15) is 18.3 Å². The molecule has 0 saturated heterocycles. The zero-order valence-corrected chi connectivity index (χ0v) is 19.8. The lowest BCUT2D eigenvalue weighted by Crippen LogP contribution is -2.20. The van der Waals surface area contributed by atoms with Crippen LogP contribution >= 0.6 is 0 Å². The first kappa shape index (κ1) is 25.9. The second-order valence-corrected chi connectivity index (χ2v) is 8.47. The highest BCUT2D eigenvalue weighted by Crippen LogP contribution is 2.36. The van der Waals surface area contributed by atoms with Gasteiger partial charge < -0.3 is 10.4 Å². The van der Waals surface area contributed by atoms with Gasteiger partial charge in [0.25, 0.3) is 5.91 Å². The molecule has 0 bridgehead atoms. The fraction of sp³-hybridized carbons (Fsp3) is 0.111. The highest BCUT2D eigenvalue weighted by molar-refractivity contribution is 6.09. The Kier molecular flexibility index (Phi) is 6.79. The molecule has 0 spiro atoms. The van der Waals surface area contributed by atoms with Crippen molar-refractivity contribution in [3.05, 3.63) is 102 Å².